The van der Waals surface area contributed by atoms with E-state index in [4.69, 9.17) is 5.73 Å². The van der Waals surface area contributed by atoms with Crippen LogP contribution in [0, 0.1) is 11.8 Å². The number of pyridine rings is 1. The summed E-state index contributed by atoms with van der Waals surface area (Å²) >= 11 is 0. The van der Waals surface area contributed by atoms with Gasteiger partial charge in [-0.15, -0.1) is 5.92 Å². The molecule has 0 radical (unpaired) electrons. The van der Waals surface area contributed by atoms with Gasteiger partial charge in [0.15, 0.2) is 5.96 Å². The number of amides is 1. The molecule has 1 amide bonds. The first kappa shape index (κ1) is 17.7. The van der Waals surface area contributed by atoms with E-state index in [0.717, 1.165) is 22.3 Å². The molecule has 5 heteroatoms. The molecule has 2 aromatic rings. The molecule has 0 fully saturated rings. The van der Waals surface area contributed by atoms with E-state index >= 15 is 0 Å². The maximum Gasteiger partial charge on any atom is 0.229 e. The zero-order valence-corrected chi connectivity index (χ0v) is 15.3. The summed E-state index contributed by atoms with van der Waals surface area (Å²) in [5.74, 6) is 6.17. The van der Waals surface area contributed by atoms with Crippen LogP contribution in [0.2, 0.25) is 0 Å². The number of rotatable bonds is 2. The van der Waals surface area contributed by atoms with Crippen molar-refractivity contribution >= 4 is 11.9 Å². The first-order valence-corrected chi connectivity index (χ1v) is 8.53. The highest BCUT2D eigenvalue weighted by molar-refractivity contribution is 5.96. The van der Waals surface area contributed by atoms with Gasteiger partial charge in [0.25, 0.3) is 0 Å². The molecule has 2 heterocycles. The molecule has 0 unspecified atom stereocenters. The Hall–Kier alpha value is -3.13. The molecule has 1 aromatic carbocycles. The summed E-state index contributed by atoms with van der Waals surface area (Å²) < 4.78 is 0. The highest BCUT2D eigenvalue weighted by Crippen LogP contribution is 2.35. The van der Waals surface area contributed by atoms with Crippen molar-refractivity contribution in [1.82, 2.24) is 9.88 Å². The van der Waals surface area contributed by atoms with E-state index in [9.17, 15) is 4.79 Å². The third kappa shape index (κ3) is 3.45. The molecule has 132 valence electrons. The average Bonchev–Trinajstić information content (AvgIpc) is 2.75. The van der Waals surface area contributed by atoms with E-state index in [1.54, 1.807) is 20.2 Å². The van der Waals surface area contributed by atoms with Crippen molar-refractivity contribution in [2.24, 2.45) is 10.7 Å². The molecule has 2 N–H and O–H groups in total. The van der Waals surface area contributed by atoms with Crippen LogP contribution in [0.15, 0.2) is 47.7 Å². The molecule has 0 spiro atoms. The molecule has 1 aliphatic heterocycles. The van der Waals surface area contributed by atoms with E-state index in [-0.39, 0.29) is 11.9 Å². The van der Waals surface area contributed by atoms with Crippen LogP contribution in [0.1, 0.15) is 37.8 Å². The van der Waals surface area contributed by atoms with Crippen LogP contribution in [-0.2, 0) is 10.3 Å². The Morgan fingerprint density at radius 3 is 2.81 bits per heavy atom. The van der Waals surface area contributed by atoms with Gasteiger partial charge in [0.2, 0.25) is 5.91 Å². The van der Waals surface area contributed by atoms with E-state index in [0.29, 0.717) is 12.8 Å². The normalized spacial score (nSPS) is 20.0. The lowest BCUT2D eigenvalue weighted by Crippen LogP contribution is -2.38. The van der Waals surface area contributed by atoms with Gasteiger partial charge in [0.1, 0.15) is 0 Å². The van der Waals surface area contributed by atoms with Gasteiger partial charge in [-0.3, -0.25) is 14.7 Å². The van der Waals surface area contributed by atoms with E-state index < -0.39 is 5.54 Å². The Kier molecular flexibility index (Phi) is 4.77. The largest absolute Gasteiger partial charge is 0.369 e. The van der Waals surface area contributed by atoms with E-state index in [1.165, 1.54) is 4.90 Å². The third-order valence-corrected chi connectivity index (χ3v) is 4.73. The second kappa shape index (κ2) is 7.01. The van der Waals surface area contributed by atoms with Crippen LogP contribution in [0.3, 0.4) is 0 Å². The van der Waals surface area contributed by atoms with Gasteiger partial charge in [-0.1, -0.05) is 24.1 Å². The van der Waals surface area contributed by atoms with Gasteiger partial charge in [-0.2, -0.15) is 0 Å². The number of aliphatic imine (C=N–C) groups is 1. The number of hydrogen-bond acceptors (Lipinski definition) is 4. The predicted molar refractivity (Wildman–Crippen MR) is 103 cm³/mol. The number of carbonyl (C=O) groups excluding carboxylic acids is 1. The molecular weight excluding hydrogens is 324 g/mol. The summed E-state index contributed by atoms with van der Waals surface area (Å²) in [5.41, 5.74) is 9.40. The standard InChI is InChI=1S/C21H22N4O/c1-4-6-15-11-17(14-23-13-15)16-7-5-8-18(12-16)21(2)10-9-19(26)25(3)20(22)24-21/h5,7-8,11-14H,9-10H2,1-3H3,(H2,22,24)/t21-/m0/s1. The minimum atomic E-state index is -0.547. The minimum Gasteiger partial charge on any atom is -0.369 e. The summed E-state index contributed by atoms with van der Waals surface area (Å²) in [6.45, 7) is 3.82. The van der Waals surface area contributed by atoms with E-state index in [1.807, 2.05) is 37.4 Å². The van der Waals surface area contributed by atoms with Gasteiger partial charge >= 0.3 is 0 Å². The number of guanidine groups is 1. The predicted octanol–water partition coefficient (Wildman–Crippen LogP) is 2.90. The van der Waals surface area contributed by atoms with Crippen LogP contribution < -0.4 is 5.73 Å². The minimum absolute atomic E-state index is 0.0128. The summed E-state index contributed by atoms with van der Waals surface area (Å²) in [7, 11) is 1.66. The van der Waals surface area contributed by atoms with E-state index in [2.05, 4.69) is 27.9 Å². The molecule has 0 saturated carbocycles. The molecule has 5 nitrogen and oxygen atoms in total. The molecule has 1 aromatic heterocycles. The topological polar surface area (TPSA) is 71.6 Å². The molecule has 0 bridgehead atoms. The van der Waals surface area contributed by atoms with Crippen molar-refractivity contribution < 1.29 is 4.79 Å². The zero-order chi connectivity index (χ0) is 18.7. The van der Waals surface area contributed by atoms with Crippen molar-refractivity contribution in [2.75, 3.05) is 7.05 Å². The molecular formula is C21H22N4O. The number of benzene rings is 1. The number of hydrogen-bond donors (Lipinski definition) is 1. The number of nitrogens with two attached hydrogens (primary N) is 1. The SMILES string of the molecule is CC#Cc1cncc(-c2cccc([C@]3(C)CCC(=O)N(C)C(N)=N3)c2)c1. The van der Waals surface area contributed by atoms with Crippen molar-refractivity contribution in [3.8, 4) is 23.0 Å². The molecule has 1 aliphatic rings. The van der Waals surface area contributed by atoms with Crippen molar-refractivity contribution in [3.05, 3.63) is 53.9 Å². The summed E-state index contributed by atoms with van der Waals surface area (Å²) in [5, 5.41) is 0. The van der Waals surface area contributed by atoms with Gasteiger partial charge in [0.05, 0.1) is 5.54 Å². The quantitative estimate of drug-likeness (QED) is 0.850. The van der Waals surface area contributed by atoms with Crippen molar-refractivity contribution in [3.63, 3.8) is 0 Å². The smallest absolute Gasteiger partial charge is 0.229 e. The first-order chi connectivity index (χ1) is 12.4. The highest BCUT2D eigenvalue weighted by atomic mass is 16.2. The fourth-order valence-corrected chi connectivity index (χ4v) is 3.08. The number of nitrogens with zero attached hydrogens (tertiary/aromatic N) is 3. The fourth-order valence-electron chi connectivity index (χ4n) is 3.08. The van der Waals surface area contributed by atoms with Crippen molar-refractivity contribution in [2.45, 2.75) is 32.2 Å². The third-order valence-electron chi connectivity index (χ3n) is 4.73. The monoisotopic (exact) mass is 346 g/mol. The van der Waals surface area contributed by atoms with Gasteiger partial charge in [0, 0.05) is 37.0 Å². The Bertz CT molecular complexity index is 938. The number of carbonyl (C=O) groups is 1. The van der Waals surface area contributed by atoms with Gasteiger partial charge in [-0.25, -0.2) is 4.99 Å². The first-order valence-electron chi connectivity index (χ1n) is 8.53. The summed E-state index contributed by atoms with van der Waals surface area (Å²) in [4.78, 5) is 22.4. The van der Waals surface area contributed by atoms with Gasteiger partial charge in [-0.05, 0) is 43.5 Å². The zero-order valence-electron chi connectivity index (χ0n) is 15.3. The van der Waals surface area contributed by atoms with Gasteiger partial charge < -0.3 is 5.73 Å². The second-order valence-electron chi connectivity index (χ2n) is 6.61. The molecule has 26 heavy (non-hydrogen) atoms. The summed E-state index contributed by atoms with van der Waals surface area (Å²) in [6, 6.07) is 10.2. The fraction of sp³-hybridized carbons (Fsp3) is 0.286. The Balaban J connectivity index is 2.03. The Morgan fingerprint density at radius 1 is 1.23 bits per heavy atom. The van der Waals surface area contributed by atoms with Crippen LogP contribution in [-0.4, -0.2) is 28.8 Å². The van der Waals surface area contributed by atoms with Crippen molar-refractivity contribution in [1.29, 1.82) is 0 Å². The molecule has 0 aliphatic carbocycles. The average molecular weight is 346 g/mol. The lowest BCUT2D eigenvalue weighted by Gasteiger charge is -2.25. The summed E-state index contributed by atoms with van der Waals surface area (Å²) in [6.07, 6.45) is 4.59. The lowest BCUT2D eigenvalue weighted by molar-refractivity contribution is -0.126. The highest BCUT2D eigenvalue weighted by Gasteiger charge is 2.32. The van der Waals surface area contributed by atoms with Crippen LogP contribution in [0.25, 0.3) is 11.1 Å². The molecule has 3 rings (SSSR count). The Morgan fingerprint density at radius 2 is 2.04 bits per heavy atom. The Labute approximate surface area is 154 Å². The van der Waals surface area contributed by atoms with Crippen LogP contribution >= 0.6 is 0 Å². The maximum absolute atomic E-state index is 12.1. The molecule has 1 atom stereocenters. The molecule has 0 saturated heterocycles. The second-order valence-corrected chi connectivity index (χ2v) is 6.61. The lowest BCUT2D eigenvalue weighted by atomic mass is 9.86. The number of aromatic nitrogens is 1. The van der Waals surface area contributed by atoms with Crippen LogP contribution in [0.5, 0.6) is 0 Å². The van der Waals surface area contributed by atoms with Crippen LogP contribution in [0.4, 0.5) is 0 Å². The maximum atomic E-state index is 12.1.